The number of thiazole rings is 1. The summed E-state index contributed by atoms with van der Waals surface area (Å²) in [4.78, 5) is 5.65. The summed E-state index contributed by atoms with van der Waals surface area (Å²) in [5, 5.41) is 4.55. The second kappa shape index (κ2) is 6.89. The van der Waals surface area contributed by atoms with Crippen molar-refractivity contribution in [1.29, 1.82) is 0 Å². The van der Waals surface area contributed by atoms with Crippen LogP contribution in [0.15, 0.2) is 24.4 Å². The van der Waals surface area contributed by atoms with Crippen molar-refractivity contribution in [2.45, 2.75) is 46.5 Å². The van der Waals surface area contributed by atoms with Gasteiger partial charge in [-0.25, -0.2) is 4.98 Å². The Bertz CT molecular complexity index is 540. The predicted octanol–water partition coefficient (Wildman–Crippen LogP) is 5.06. The van der Waals surface area contributed by atoms with Crippen molar-refractivity contribution in [3.63, 3.8) is 0 Å². The van der Waals surface area contributed by atoms with E-state index in [0.29, 0.717) is 5.92 Å². The van der Waals surface area contributed by atoms with Gasteiger partial charge in [0.05, 0.1) is 0 Å². The first-order chi connectivity index (χ1) is 9.61. The molecule has 0 radical (unpaired) electrons. The average Bonchev–Trinajstić information content (AvgIpc) is 2.81. The molecule has 1 aromatic heterocycles. The number of nitrogens with one attached hydrogen (secondary N) is 1. The van der Waals surface area contributed by atoms with E-state index >= 15 is 0 Å². The molecule has 1 heterocycles. The third-order valence-corrected chi connectivity index (χ3v) is 4.58. The van der Waals surface area contributed by atoms with E-state index in [1.165, 1.54) is 34.4 Å². The lowest BCUT2D eigenvalue weighted by Crippen LogP contribution is -2.15. The van der Waals surface area contributed by atoms with Gasteiger partial charge < -0.3 is 5.32 Å². The number of benzene rings is 1. The minimum absolute atomic E-state index is 0.561. The van der Waals surface area contributed by atoms with Crippen LogP contribution in [0.3, 0.4) is 0 Å². The third-order valence-electron chi connectivity index (χ3n) is 3.71. The van der Waals surface area contributed by atoms with Crippen LogP contribution in [0.4, 0.5) is 5.13 Å². The van der Waals surface area contributed by atoms with Crippen LogP contribution in [-0.4, -0.2) is 11.5 Å². The molecule has 0 saturated carbocycles. The molecule has 0 aliphatic rings. The fourth-order valence-electron chi connectivity index (χ4n) is 2.82. The number of aryl methyl sites for hydroxylation is 3. The molecule has 2 aromatic rings. The highest BCUT2D eigenvalue weighted by Crippen LogP contribution is 2.28. The summed E-state index contributed by atoms with van der Waals surface area (Å²) in [6.45, 7) is 9.76. The third kappa shape index (κ3) is 3.60. The second-order valence-electron chi connectivity index (χ2n) is 5.45. The van der Waals surface area contributed by atoms with Crippen LogP contribution in [0, 0.1) is 20.8 Å². The lowest BCUT2D eigenvalue weighted by atomic mass is 9.87. The van der Waals surface area contributed by atoms with Crippen LogP contribution in [0.5, 0.6) is 0 Å². The van der Waals surface area contributed by atoms with Gasteiger partial charge in [-0.1, -0.05) is 31.5 Å². The van der Waals surface area contributed by atoms with Crippen LogP contribution in [0.2, 0.25) is 0 Å². The van der Waals surface area contributed by atoms with Gasteiger partial charge in [-0.3, -0.25) is 0 Å². The second-order valence-corrected chi connectivity index (χ2v) is 6.68. The first-order valence-corrected chi connectivity index (χ1v) is 8.16. The Morgan fingerprint density at radius 3 is 2.45 bits per heavy atom. The van der Waals surface area contributed by atoms with Crippen LogP contribution in [0.25, 0.3) is 0 Å². The Kier molecular flexibility index (Phi) is 5.18. The summed E-state index contributed by atoms with van der Waals surface area (Å²) >= 11 is 1.73. The largest absolute Gasteiger partial charge is 0.361 e. The molecule has 0 spiro atoms. The summed E-state index contributed by atoms with van der Waals surface area (Å²) in [6.07, 6.45) is 4.35. The summed E-state index contributed by atoms with van der Waals surface area (Å²) in [7, 11) is 0. The average molecular weight is 288 g/mol. The van der Waals surface area contributed by atoms with E-state index in [0.717, 1.165) is 11.7 Å². The topological polar surface area (TPSA) is 24.9 Å². The van der Waals surface area contributed by atoms with E-state index in [2.05, 4.69) is 56.2 Å². The maximum Gasteiger partial charge on any atom is 0.182 e. The van der Waals surface area contributed by atoms with E-state index in [-0.39, 0.29) is 0 Å². The molecule has 0 aliphatic heterocycles. The molecule has 2 rings (SSSR count). The van der Waals surface area contributed by atoms with Crippen LogP contribution >= 0.6 is 11.3 Å². The molecular weight excluding hydrogens is 264 g/mol. The fourth-order valence-corrected chi connectivity index (χ4v) is 3.49. The molecule has 1 N–H and O–H groups in total. The Labute approximate surface area is 126 Å². The Morgan fingerprint density at radius 2 is 1.90 bits per heavy atom. The lowest BCUT2D eigenvalue weighted by Gasteiger charge is -2.21. The first kappa shape index (κ1) is 15.0. The predicted molar refractivity (Wildman–Crippen MR) is 88.9 cm³/mol. The number of hydrogen-bond donors (Lipinski definition) is 1. The van der Waals surface area contributed by atoms with Gasteiger partial charge in [0.2, 0.25) is 0 Å². The Balaban J connectivity index is 2.14. The molecule has 1 unspecified atom stereocenters. The monoisotopic (exact) mass is 288 g/mol. The van der Waals surface area contributed by atoms with Gasteiger partial charge in [-0.15, -0.1) is 11.3 Å². The molecule has 0 amide bonds. The van der Waals surface area contributed by atoms with Crippen molar-refractivity contribution in [3.05, 3.63) is 46.0 Å². The quantitative estimate of drug-likeness (QED) is 0.803. The minimum Gasteiger partial charge on any atom is -0.361 e. The lowest BCUT2D eigenvalue weighted by molar-refractivity contribution is 0.631. The molecule has 0 aliphatic carbocycles. The summed E-state index contributed by atoms with van der Waals surface area (Å²) in [5.74, 6) is 0.561. The number of hydrogen-bond acceptors (Lipinski definition) is 3. The van der Waals surface area contributed by atoms with Crippen LogP contribution in [0.1, 0.15) is 47.3 Å². The first-order valence-electron chi connectivity index (χ1n) is 7.34. The zero-order valence-corrected chi connectivity index (χ0v) is 13.7. The Hall–Kier alpha value is -1.35. The van der Waals surface area contributed by atoms with Crippen LogP contribution in [-0.2, 0) is 0 Å². The zero-order chi connectivity index (χ0) is 14.5. The SMILES string of the molecule is CCCC(CNc1ncc(C)s1)c1c(C)cccc1C. The molecule has 0 fully saturated rings. The highest BCUT2D eigenvalue weighted by Gasteiger charge is 2.15. The maximum absolute atomic E-state index is 4.39. The van der Waals surface area contributed by atoms with E-state index < -0.39 is 0 Å². The molecule has 1 aromatic carbocycles. The molecule has 20 heavy (non-hydrogen) atoms. The van der Waals surface area contributed by atoms with E-state index in [4.69, 9.17) is 0 Å². The summed E-state index contributed by atoms with van der Waals surface area (Å²) in [6, 6.07) is 6.59. The van der Waals surface area contributed by atoms with E-state index in [1.807, 2.05) is 6.20 Å². The minimum atomic E-state index is 0.561. The molecule has 108 valence electrons. The van der Waals surface area contributed by atoms with E-state index in [9.17, 15) is 0 Å². The number of aromatic nitrogens is 1. The van der Waals surface area contributed by atoms with Crippen molar-refractivity contribution in [3.8, 4) is 0 Å². The molecule has 0 saturated heterocycles. The van der Waals surface area contributed by atoms with Gasteiger partial charge in [-0.2, -0.15) is 0 Å². The summed E-state index contributed by atoms with van der Waals surface area (Å²) < 4.78 is 0. The maximum atomic E-state index is 4.39. The normalized spacial score (nSPS) is 12.4. The zero-order valence-electron chi connectivity index (χ0n) is 12.9. The number of rotatable bonds is 6. The van der Waals surface area contributed by atoms with Crippen LogP contribution < -0.4 is 5.32 Å². The fraction of sp³-hybridized carbons (Fsp3) is 0.471. The summed E-state index contributed by atoms with van der Waals surface area (Å²) in [5.41, 5.74) is 4.32. The molecular formula is C17H24N2S. The standard InChI is InChI=1S/C17H24N2S/c1-5-7-15(11-19-17-18-10-14(4)20-17)16-12(2)8-6-9-13(16)3/h6,8-10,15H,5,7,11H2,1-4H3,(H,18,19). The number of nitrogens with zero attached hydrogens (tertiary/aromatic N) is 1. The van der Waals surface area contributed by atoms with Gasteiger partial charge >= 0.3 is 0 Å². The van der Waals surface area contributed by atoms with Gasteiger partial charge in [0.25, 0.3) is 0 Å². The van der Waals surface area contributed by atoms with Crippen molar-refractivity contribution in [2.75, 3.05) is 11.9 Å². The molecule has 0 bridgehead atoms. The smallest absolute Gasteiger partial charge is 0.182 e. The highest BCUT2D eigenvalue weighted by molar-refractivity contribution is 7.15. The molecule has 2 nitrogen and oxygen atoms in total. The van der Waals surface area contributed by atoms with Crippen molar-refractivity contribution in [1.82, 2.24) is 4.98 Å². The van der Waals surface area contributed by atoms with Gasteiger partial charge in [0.1, 0.15) is 0 Å². The van der Waals surface area contributed by atoms with Gasteiger partial charge in [0, 0.05) is 23.5 Å². The molecule has 1 atom stereocenters. The van der Waals surface area contributed by atoms with Gasteiger partial charge in [0.15, 0.2) is 5.13 Å². The van der Waals surface area contributed by atoms with Gasteiger partial charge in [-0.05, 0) is 43.9 Å². The highest BCUT2D eigenvalue weighted by atomic mass is 32.1. The van der Waals surface area contributed by atoms with E-state index in [1.54, 1.807) is 11.3 Å². The molecule has 3 heteroatoms. The van der Waals surface area contributed by atoms with Crippen molar-refractivity contribution < 1.29 is 0 Å². The Morgan fingerprint density at radius 1 is 1.20 bits per heavy atom. The number of anilines is 1. The van der Waals surface area contributed by atoms with Crippen molar-refractivity contribution >= 4 is 16.5 Å². The van der Waals surface area contributed by atoms with Crippen molar-refractivity contribution in [2.24, 2.45) is 0 Å².